The maximum absolute atomic E-state index is 5.87. The van der Waals surface area contributed by atoms with Gasteiger partial charge in [0.1, 0.15) is 0 Å². The smallest absolute Gasteiger partial charge is 0.0323 e. The number of likely N-dealkylation sites (tertiary alicyclic amines) is 1. The first kappa shape index (κ1) is 14.5. The third kappa shape index (κ3) is 3.37. The van der Waals surface area contributed by atoms with Crippen molar-refractivity contribution in [1.82, 2.24) is 4.90 Å². The van der Waals surface area contributed by atoms with Gasteiger partial charge in [-0.2, -0.15) is 0 Å². The Labute approximate surface area is 118 Å². The number of piperidine rings is 1. The van der Waals surface area contributed by atoms with Crippen LogP contribution in [-0.2, 0) is 0 Å². The summed E-state index contributed by atoms with van der Waals surface area (Å²) in [5, 5.41) is 0. The monoisotopic (exact) mass is 260 g/mol. The van der Waals surface area contributed by atoms with Crippen molar-refractivity contribution < 1.29 is 0 Å². The fraction of sp³-hybridized carbons (Fsp3) is 0.647. The van der Waals surface area contributed by atoms with E-state index in [-0.39, 0.29) is 0 Å². The van der Waals surface area contributed by atoms with Crippen LogP contribution in [0.5, 0.6) is 0 Å². The Hall–Kier alpha value is -0.860. The molecule has 0 bridgehead atoms. The Bertz CT molecular complexity index is 407. The zero-order valence-electron chi connectivity index (χ0n) is 12.8. The van der Waals surface area contributed by atoms with Gasteiger partial charge in [-0.3, -0.25) is 4.90 Å². The van der Waals surface area contributed by atoms with Crippen LogP contribution in [-0.4, -0.2) is 24.0 Å². The lowest BCUT2D eigenvalue weighted by Gasteiger charge is -2.41. The first-order valence-electron chi connectivity index (χ1n) is 7.55. The lowest BCUT2D eigenvalue weighted by atomic mass is 9.90. The van der Waals surface area contributed by atoms with Crippen molar-refractivity contribution >= 4 is 0 Å². The van der Waals surface area contributed by atoms with Gasteiger partial charge in [0.25, 0.3) is 0 Å². The molecule has 2 rings (SSSR count). The Balaban J connectivity index is 2.19. The van der Waals surface area contributed by atoms with Crippen molar-refractivity contribution in [2.45, 2.75) is 52.6 Å². The van der Waals surface area contributed by atoms with E-state index in [0.717, 1.165) is 13.1 Å². The van der Waals surface area contributed by atoms with Gasteiger partial charge in [0.15, 0.2) is 0 Å². The van der Waals surface area contributed by atoms with E-state index in [1.165, 1.54) is 29.5 Å². The summed E-state index contributed by atoms with van der Waals surface area (Å²) in [6.45, 7) is 11.0. The minimum atomic E-state index is 0.489. The van der Waals surface area contributed by atoms with Crippen molar-refractivity contribution in [2.24, 2.45) is 11.7 Å². The van der Waals surface area contributed by atoms with Crippen LogP contribution < -0.4 is 5.73 Å². The minimum absolute atomic E-state index is 0.489. The average molecular weight is 260 g/mol. The minimum Gasteiger partial charge on any atom is -0.330 e. The summed E-state index contributed by atoms with van der Waals surface area (Å²) in [5.41, 5.74) is 10.0. The number of hydrogen-bond donors (Lipinski definition) is 1. The van der Waals surface area contributed by atoms with Crippen LogP contribution in [0.2, 0.25) is 0 Å². The molecule has 1 saturated heterocycles. The van der Waals surface area contributed by atoms with Gasteiger partial charge in [-0.15, -0.1) is 0 Å². The summed E-state index contributed by atoms with van der Waals surface area (Å²) in [5.74, 6) is 0.671. The molecular formula is C17H28N2. The normalized spacial score (nSPS) is 26.4. The van der Waals surface area contributed by atoms with Crippen molar-refractivity contribution in [3.63, 3.8) is 0 Å². The molecule has 1 heterocycles. The van der Waals surface area contributed by atoms with E-state index in [0.29, 0.717) is 18.0 Å². The van der Waals surface area contributed by atoms with Crippen molar-refractivity contribution in [3.8, 4) is 0 Å². The highest BCUT2D eigenvalue weighted by Gasteiger charge is 2.28. The molecule has 1 aliphatic rings. The van der Waals surface area contributed by atoms with Crippen LogP contribution >= 0.6 is 0 Å². The van der Waals surface area contributed by atoms with Crippen molar-refractivity contribution in [3.05, 3.63) is 34.9 Å². The number of rotatable bonds is 3. The fourth-order valence-electron chi connectivity index (χ4n) is 3.39. The number of hydrogen-bond acceptors (Lipinski definition) is 2. The van der Waals surface area contributed by atoms with Gasteiger partial charge >= 0.3 is 0 Å². The zero-order chi connectivity index (χ0) is 14.0. The molecule has 1 fully saturated rings. The summed E-state index contributed by atoms with van der Waals surface area (Å²) in [6.07, 6.45) is 2.56. The molecule has 106 valence electrons. The predicted molar refractivity (Wildman–Crippen MR) is 82.3 cm³/mol. The van der Waals surface area contributed by atoms with E-state index in [2.05, 4.69) is 50.8 Å². The molecule has 1 aliphatic heterocycles. The van der Waals surface area contributed by atoms with E-state index < -0.39 is 0 Å². The van der Waals surface area contributed by atoms with Crippen LogP contribution in [0.1, 0.15) is 49.4 Å². The largest absolute Gasteiger partial charge is 0.330 e. The second-order valence-corrected chi connectivity index (χ2v) is 6.32. The standard InChI is InChI=1S/C17H28N2/c1-12-7-13(2)9-17(8-12)15(4)19-11-16(10-18)6-5-14(19)3/h7-9,14-16H,5-6,10-11,18H2,1-4H3. The first-order chi connectivity index (χ1) is 9.01. The number of aryl methyl sites for hydroxylation is 2. The number of nitrogens with two attached hydrogens (primary N) is 1. The highest BCUT2D eigenvalue weighted by atomic mass is 15.2. The maximum Gasteiger partial charge on any atom is 0.0323 e. The van der Waals surface area contributed by atoms with Crippen molar-refractivity contribution in [2.75, 3.05) is 13.1 Å². The molecular weight excluding hydrogens is 232 g/mol. The van der Waals surface area contributed by atoms with Crippen molar-refractivity contribution in [1.29, 1.82) is 0 Å². The molecule has 0 saturated carbocycles. The summed E-state index contributed by atoms with van der Waals surface area (Å²) in [6, 6.07) is 8.06. The summed E-state index contributed by atoms with van der Waals surface area (Å²) in [4.78, 5) is 2.63. The third-order valence-electron chi connectivity index (χ3n) is 4.59. The quantitative estimate of drug-likeness (QED) is 0.902. The lowest BCUT2D eigenvalue weighted by molar-refractivity contribution is 0.0812. The van der Waals surface area contributed by atoms with Gasteiger partial charge in [0.05, 0.1) is 0 Å². The van der Waals surface area contributed by atoms with E-state index in [1.54, 1.807) is 0 Å². The van der Waals surface area contributed by atoms with Crippen LogP contribution in [0, 0.1) is 19.8 Å². The topological polar surface area (TPSA) is 29.3 Å². The number of benzene rings is 1. The molecule has 0 radical (unpaired) electrons. The van der Waals surface area contributed by atoms with E-state index in [9.17, 15) is 0 Å². The summed E-state index contributed by atoms with van der Waals surface area (Å²) < 4.78 is 0. The molecule has 0 aromatic heterocycles. The van der Waals surface area contributed by atoms with E-state index in [4.69, 9.17) is 5.73 Å². The zero-order valence-corrected chi connectivity index (χ0v) is 12.8. The van der Waals surface area contributed by atoms with E-state index in [1.807, 2.05) is 0 Å². The van der Waals surface area contributed by atoms with Crippen LogP contribution in [0.15, 0.2) is 18.2 Å². The molecule has 2 nitrogen and oxygen atoms in total. The maximum atomic E-state index is 5.87. The van der Waals surface area contributed by atoms with Gasteiger partial charge in [0, 0.05) is 18.6 Å². The third-order valence-corrected chi connectivity index (χ3v) is 4.59. The first-order valence-corrected chi connectivity index (χ1v) is 7.55. The Morgan fingerprint density at radius 1 is 1.21 bits per heavy atom. The Morgan fingerprint density at radius 3 is 2.42 bits per heavy atom. The molecule has 19 heavy (non-hydrogen) atoms. The molecule has 0 amide bonds. The molecule has 1 aromatic rings. The molecule has 3 atom stereocenters. The van der Waals surface area contributed by atoms with Gasteiger partial charge in [-0.1, -0.05) is 29.3 Å². The SMILES string of the molecule is Cc1cc(C)cc(C(C)N2CC(CN)CCC2C)c1. The number of nitrogens with zero attached hydrogens (tertiary/aromatic N) is 1. The van der Waals surface area contributed by atoms with Gasteiger partial charge in [-0.05, 0) is 58.6 Å². The van der Waals surface area contributed by atoms with Gasteiger partial charge in [0.2, 0.25) is 0 Å². The molecule has 2 heteroatoms. The highest BCUT2D eigenvalue weighted by Crippen LogP contribution is 2.31. The van der Waals surface area contributed by atoms with Crippen LogP contribution in [0.3, 0.4) is 0 Å². The van der Waals surface area contributed by atoms with Crippen LogP contribution in [0.25, 0.3) is 0 Å². The fourth-order valence-corrected chi connectivity index (χ4v) is 3.39. The Morgan fingerprint density at radius 2 is 1.84 bits per heavy atom. The second kappa shape index (κ2) is 6.06. The molecule has 1 aromatic carbocycles. The predicted octanol–water partition coefficient (Wildman–Crippen LogP) is 3.42. The van der Waals surface area contributed by atoms with Gasteiger partial charge in [-0.25, -0.2) is 0 Å². The van der Waals surface area contributed by atoms with E-state index >= 15 is 0 Å². The summed E-state index contributed by atoms with van der Waals surface area (Å²) >= 11 is 0. The molecule has 3 unspecified atom stereocenters. The van der Waals surface area contributed by atoms with Crippen LogP contribution in [0.4, 0.5) is 0 Å². The average Bonchev–Trinajstić information content (AvgIpc) is 2.37. The Kier molecular flexibility index (Phi) is 4.64. The van der Waals surface area contributed by atoms with Gasteiger partial charge < -0.3 is 5.73 Å². The molecule has 0 aliphatic carbocycles. The molecule has 2 N–H and O–H groups in total. The summed E-state index contributed by atoms with van der Waals surface area (Å²) in [7, 11) is 0. The second-order valence-electron chi connectivity index (χ2n) is 6.32. The highest BCUT2D eigenvalue weighted by molar-refractivity contribution is 5.30. The molecule has 0 spiro atoms. The lowest BCUT2D eigenvalue weighted by Crippen LogP contribution is -2.45.